The molecule has 4 nitrogen and oxygen atoms in total. The Balaban J connectivity index is 1.48. The van der Waals surface area contributed by atoms with Crippen LogP contribution in [-0.2, 0) is 6.54 Å². The summed E-state index contributed by atoms with van der Waals surface area (Å²) >= 11 is 0. The van der Waals surface area contributed by atoms with Gasteiger partial charge in [0.15, 0.2) is 0 Å². The molecule has 1 aliphatic heterocycles. The molecule has 2 saturated carbocycles. The summed E-state index contributed by atoms with van der Waals surface area (Å²) in [5.74, 6) is 2.00. The lowest BCUT2D eigenvalue weighted by atomic mass is 10.1. The van der Waals surface area contributed by atoms with Gasteiger partial charge in [-0.15, -0.1) is 0 Å². The van der Waals surface area contributed by atoms with Crippen molar-refractivity contribution in [3.05, 3.63) is 18.1 Å². The molecule has 2 heterocycles. The smallest absolute Gasteiger partial charge is 0.147 e. The Hall–Kier alpha value is -1.16. The number of nitrogens with one attached hydrogen (secondary N) is 1. The number of aromatic nitrogens is 2. The van der Waals surface area contributed by atoms with E-state index in [4.69, 9.17) is 4.98 Å². The lowest BCUT2D eigenvalue weighted by Crippen LogP contribution is -2.33. The minimum absolute atomic E-state index is 0.732. The highest BCUT2D eigenvalue weighted by molar-refractivity contribution is 5.40. The Kier molecular flexibility index (Phi) is 2.50. The summed E-state index contributed by atoms with van der Waals surface area (Å²) in [6.07, 6.45) is 10.6. The van der Waals surface area contributed by atoms with E-state index in [1.54, 1.807) is 0 Å². The molecule has 2 unspecified atom stereocenters. The normalized spacial score (nSPS) is 30.1. The molecular formula is C14H20N4. The van der Waals surface area contributed by atoms with E-state index >= 15 is 0 Å². The summed E-state index contributed by atoms with van der Waals surface area (Å²) in [6, 6.07) is 1.47. The van der Waals surface area contributed by atoms with Crippen molar-refractivity contribution < 1.29 is 0 Å². The molecule has 2 aliphatic carbocycles. The van der Waals surface area contributed by atoms with Gasteiger partial charge in [0, 0.05) is 31.4 Å². The molecule has 18 heavy (non-hydrogen) atoms. The van der Waals surface area contributed by atoms with Gasteiger partial charge in [0.05, 0.1) is 11.9 Å². The third-order valence-corrected chi connectivity index (χ3v) is 4.52. The molecule has 1 aromatic heterocycles. The van der Waals surface area contributed by atoms with Crippen LogP contribution in [0.15, 0.2) is 12.4 Å². The molecule has 96 valence electrons. The van der Waals surface area contributed by atoms with Crippen LogP contribution in [0, 0.1) is 5.92 Å². The minimum atomic E-state index is 0.732. The van der Waals surface area contributed by atoms with Crippen molar-refractivity contribution >= 4 is 5.82 Å². The van der Waals surface area contributed by atoms with Gasteiger partial charge in [-0.2, -0.15) is 0 Å². The molecule has 1 saturated heterocycles. The van der Waals surface area contributed by atoms with Gasteiger partial charge in [0.1, 0.15) is 5.82 Å². The fourth-order valence-corrected chi connectivity index (χ4v) is 3.36. The maximum atomic E-state index is 4.77. The van der Waals surface area contributed by atoms with E-state index in [1.165, 1.54) is 38.6 Å². The molecule has 4 heteroatoms. The van der Waals surface area contributed by atoms with E-state index in [1.807, 2.05) is 12.4 Å². The zero-order chi connectivity index (χ0) is 11.9. The van der Waals surface area contributed by atoms with Gasteiger partial charge in [0.25, 0.3) is 0 Å². The topological polar surface area (TPSA) is 41.1 Å². The van der Waals surface area contributed by atoms with E-state index in [2.05, 4.69) is 15.2 Å². The molecule has 2 bridgehead atoms. The van der Waals surface area contributed by atoms with Crippen molar-refractivity contribution in [1.82, 2.24) is 15.3 Å². The highest BCUT2D eigenvalue weighted by Crippen LogP contribution is 2.39. The Morgan fingerprint density at radius 3 is 2.89 bits per heavy atom. The second-order valence-electron chi connectivity index (χ2n) is 6.01. The fraction of sp³-hybridized carbons (Fsp3) is 0.714. The third-order valence-electron chi connectivity index (χ3n) is 4.52. The quantitative estimate of drug-likeness (QED) is 0.875. The molecule has 0 aromatic carbocycles. The SMILES string of the molecule is c1ncc(N2CC3CCC2C3)nc1CNC1CC1. The molecule has 3 fully saturated rings. The number of nitrogens with zero attached hydrogens (tertiary/aromatic N) is 3. The van der Waals surface area contributed by atoms with Crippen molar-refractivity contribution in [3.8, 4) is 0 Å². The highest BCUT2D eigenvalue weighted by Gasteiger charge is 2.38. The van der Waals surface area contributed by atoms with Gasteiger partial charge in [-0.3, -0.25) is 4.98 Å². The lowest BCUT2D eigenvalue weighted by molar-refractivity contribution is 0.548. The number of anilines is 1. The molecule has 3 aliphatic rings. The number of rotatable bonds is 4. The van der Waals surface area contributed by atoms with Crippen molar-refractivity contribution in [3.63, 3.8) is 0 Å². The molecule has 2 atom stereocenters. The maximum Gasteiger partial charge on any atom is 0.147 e. The first kappa shape index (κ1) is 10.7. The number of hydrogen-bond donors (Lipinski definition) is 1. The van der Waals surface area contributed by atoms with Crippen molar-refractivity contribution in [2.75, 3.05) is 11.4 Å². The summed E-state index contributed by atoms with van der Waals surface area (Å²) in [5.41, 5.74) is 1.09. The van der Waals surface area contributed by atoms with Gasteiger partial charge in [-0.1, -0.05) is 0 Å². The highest BCUT2D eigenvalue weighted by atomic mass is 15.3. The Bertz CT molecular complexity index is 443. The first-order chi connectivity index (χ1) is 8.88. The van der Waals surface area contributed by atoms with E-state index in [0.717, 1.165) is 36.1 Å². The van der Waals surface area contributed by atoms with Crippen LogP contribution in [0.1, 0.15) is 37.8 Å². The summed E-state index contributed by atoms with van der Waals surface area (Å²) in [4.78, 5) is 11.6. The summed E-state index contributed by atoms with van der Waals surface area (Å²) < 4.78 is 0. The minimum Gasteiger partial charge on any atom is -0.352 e. The zero-order valence-corrected chi connectivity index (χ0v) is 10.7. The molecule has 1 N–H and O–H groups in total. The van der Waals surface area contributed by atoms with Crippen LogP contribution in [0.25, 0.3) is 0 Å². The summed E-state index contributed by atoms with van der Waals surface area (Å²) in [7, 11) is 0. The van der Waals surface area contributed by atoms with Crippen LogP contribution in [0.5, 0.6) is 0 Å². The van der Waals surface area contributed by atoms with Crippen molar-refractivity contribution in [2.24, 2.45) is 5.92 Å². The fourth-order valence-electron chi connectivity index (χ4n) is 3.36. The van der Waals surface area contributed by atoms with Crippen LogP contribution >= 0.6 is 0 Å². The van der Waals surface area contributed by atoms with E-state index < -0.39 is 0 Å². The largest absolute Gasteiger partial charge is 0.352 e. The van der Waals surface area contributed by atoms with Gasteiger partial charge in [-0.25, -0.2) is 4.98 Å². The van der Waals surface area contributed by atoms with Crippen LogP contribution in [0.3, 0.4) is 0 Å². The Morgan fingerprint density at radius 1 is 1.22 bits per heavy atom. The van der Waals surface area contributed by atoms with Crippen molar-refractivity contribution in [1.29, 1.82) is 0 Å². The number of hydrogen-bond acceptors (Lipinski definition) is 4. The van der Waals surface area contributed by atoms with Crippen LogP contribution in [0.4, 0.5) is 5.82 Å². The molecule has 0 radical (unpaired) electrons. The van der Waals surface area contributed by atoms with E-state index in [0.29, 0.717) is 0 Å². The molecule has 0 amide bonds. The Labute approximate surface area is 108 Å². The average molecular weight is 244 g/mol. The van der Waals surface area contributed by atoms with Gasteiger partial charge in [0.2, 0.25) is 0 Å². The first-order valence-corrected chi connectivity index (χ1v) is 7.19. The van der Waals surface area contributed by atoms with Crippen LogP contribution in [0.2, 0.25) is 0 Å². The van der Waals surface area contributed by atoms with E-state index in [-0.39, 0.29) is 0 Å². The second-order valence-corrected chi connectivity index (χ2v) is 6.01. The first-order valence-electron chi connectivity index (χ1n) is 7.19. The molecule has 1 aromatic rings. The third kappa shape index (κ3) is 1.99. The maximum absolute atomic E-state index is 4.77. The summed E-state index contributed by atoms with van der Waals surface area (Å²) in [6.45, 7) is 2.06. The number of fused-ring (bicyclic) bond motifs is 2. The summed E-state index contributed by atoms with van der Waals surface area (Å²) in [5, 5.41) is 3.50. The van der Waals surface area contributed by atoms with Crippen LogP contribution < -0.4 is 10.2 Å². The lowest BCUT2D eigenvalue weighted by Gasteiger charge is -2.27. The Morgan fingerprint density at radius 2 is 2.17 bits per heavy atom. The predicted octanol–water partition coefficient (Wildman–Crippen LogP) is 1.72. The standard InChI is InChI=1S/C14H20N4/c1-4-13-5-10(1)9-18(13)14-8-15-6-12(17-14)7-16-11-2-3-11/h6,8,10-11,13,16H,1-5,7,9H2. The van der Waals surface area contributed by atoms with Gasteiger partial charge < -0.3 is 10.2 Å². The second kappa shape index (κ2) is 4.19. The van der Waals surface area contributed by atoms with Gasteiger partial charge >= 0.3 is 0 Å². The molecular weight excluding hydrogens is 224 g/mol. The molecule has 4 rings (SSSR count). The van der Waals surface area contributed by atoms with Crippen LogP contribution in [-0.4, -0.2) is 28.6 Å². The predicted molar refractivity (Wildman–Crippen MR) is 70.4 cm³/mol. The average Bonchev–Trinajstić information content (AvgIpc) is 3.00. The van der Waals surface area contributed by atoms with E-state index in [9.17, 15) is 0 Å². The van der Waals surface area contributed by atoms with Gasteiger partial charge in [-0.05, 0) is 38.0 Å². The van der Waals surface area contributed by atoms with Crippen molar-refractivity contribution in [2.45, 2.75) is 50.7 Å². The molecule has 0 spiro atoms. The zero-order valence-electron chi connectivity index (χ0n) is 10.7. The monoisotopic (exact) mass is 244 g/mol. The number of piperidine rings is 1.